The summed E-state index contributed by atoms with van der Waals surface area (Å²) in [5.41, 5.74) is 3.19. The smallest absolute Gasteiger partial charge is 0.251 e. The molecule has 2 aromatic heterocycles. The molecule has 0 bridgehead atoms. The first-order valence-corrected chi connectivity index (χ1v) is 12.3. The standard InChI is InChI=1S/C23H25N7O3S/c1-24-22(31)15-8-6-9-17(13-15)27-23-28-20-18(11-12-25-20)21(29-23)26-14-16-7-4-5-10-19(16)30(2)34(3,32)33/h4-13H,14H2,1-3H3,(H,24,31)(H3,25,26,27,28,29). The van der Waals surface area contributed by atoms with Crippen LogP contribution < -0.4 is 20.3 Å². The lowest BCUT2D eigenvalue weighted by Gasteiger charge is -2.20. The number of carbonyl (C=O) groups is 1. The van der Waals surface area contributed by atoms with Crippen LogP contribution in [0, 0.1) is 0 Å². The highest BCUT2D eigenvalue weighted by molar-refractivity contribution is 7.92. The Bertz CT molecular complexity index is 1450. The Morgan fingerprint density at radius 1 is 1.09 bits per heavy atom. The zero-order valence-corrected chi connectivity index (χ0v) is 19.8. The van der Waals surface area contributed by atoms with E-state index in [-0.39, 0.29) is 5.91 Å². The summed E-state index contributed by atoms with van der Waals surface area (Å²) >= 11 is 0. The van der Waals surface area contributed by atoms with Gasteiger partial charge >= 0.3 is 0 Å². The third-order valence-corrected chi connectivity index (χ3v) is 6.49. The van der Waals surface area contributed by atoms with Crippen molar-refractivity contribution >= 4 is 50.1 Å². The van der Waals surface area contributed by atoms with Crippen molar-refractivity contribution in [2.75, 3.05) is 35.3 Å². The van der Waals surface area contributed by atoms with Crippen molar-refractivity contribution in [2.45, 2.75) is 6.54 Å². The molecule has 4 rings (SSSR count). The molecule has 0 aliphatic heterocycles. The minimum absolute atomic E-state index is 0.190. The van der Waals surface area contributed by atoms with Crippen LogP contribution in [0.4, 0.5) is 23.1 Å². The molecule has 2 heterocycles. The van der Waals surface area contributed by atoms with Crippen LogP contribution in [0.2, 0.25) is 0 Å². The summed E-state index contributed by atoms with van der Waals surface area (Å²) in [5.74, 6) is 0.727. The maximum absolute atomic E-state index is 12.0. The number of nitrogens with zero attached hydrogens (tertiary/aromatic N) is 3. The number of hydrogen-bond acceptors (Lipinski definition) is 7. The quantitative estimate of drug-likeness (QED) is 0.305. The normalized spacial score (nSPS) is 11.3. The Kier molecular flexibility index (Phi) is 6.37. The van der Waals surface area contributed by atoms with Crippen molar-refractivity contribution in [3.8, 4) is 0 Å². The molecule has 1 amide bonds. The molecule has 0 aliphatic rings. The van der Waals surface area contributed by atoms with Gasteiger partial charge in [0, 0.05) is 38.1 Å². The van der Waals surface area contributed by atoms with Crippen LogP contribution in [0.3, 0.4) is 0 Å². The van der Waals surface area contributed by atoms with E-state index in [2.05, 4.69) is 30.9 Å². The first-order chi connectivity index (χ1) is 16.3. The number of nitrogens with one attached hydrogen (secondary N) is 4. The Hall–Kier alpha value is -4.12. The summed E-state index contributed by atoms with van der Waals surface area (Å²) in [4.78, 5) is 24.2. The molecule has 0 spiro atoms. The van der Waals surface area contributed by atoms with Crippen molar-refractivity contribution < 1.29 is 13.2 Å². The largest absolute Gasteiger partial charge is 0.365 e. The van der Waals surface area contributed by atoms with Crippen LogP contribution in [0.25, 0.3) is 11.0 Å². The van der Waals surface area contributed by atoms with Crippen LogP contribution in [-0.2, 0) is 16.6 Å². The van der Waals surface area contributed by atoms with Gasteiger partial charge in [0.15, 0.2) is 0 Å². The van der Waals surface area contributed by atoms with Gasteiger partial charge in [-0.1, -0.05) is 24.3 Å². The average molecular weight is 480 g/mol. The van der Waals surface area contributed by atoms with Crippen molar-refractivity contribution in [1.82, 2.24) is 20.3 Å². The highest BCUT2D eigenvalue weighted by atomic mass is 32.2. The van der Waals surface area contributed by atoms with E-state index in [0.717, 1.165) is 10.9 Å². The number of fused-ring (bicyclic) bond motifs is 1. The molecule has 10 nitrogen and oxygen atoms in total. The van der Waals surface area contributed by atoms with E-state index < -0.39 is 10.0 Å². The van der Waals surface area contributed by atoms with E-state index in [1.807, 2.05) is 24.3 Å². The lowest BCUT2D eigenvalue weighted by atomic mass is 10.1. The van der Waals surface area contributed by atoms with E-state index in [1.165, 1.54) is 17.6 Å². The van der Waals surface area contributed by atoms with Crippen molar-refractivity contribution in [2.24, 2.45) is 0 Å². The molecule has 34 heavy (non-hydrogen) atoms. The van der Waals surface area contributed by atoms with Gasteiger partial charge in [-0.15, -0.1) is 0 Å². The maximum atomic E-state index is 12.0. The highest BCUT2D eigenvalue weighted by Gasteiger charge is 2.16. The van der Waals surface area contributed by atoms with Gasteiger partial charge in [-0.2, -0.15) is 9.97 Å². The van der Waals surface area contributed by atoms with Crippen molar-refractivity contribution in [1.29, 1.82) is 0 Å². The second-order valence-electron chi connectivity index (χ2n) is 7.63. The zero-order chi connectivity index (χ0) is 24.3. The number of para-hydroxylation sites is 1. The SMILES string of the molecule is CNC(=O)c1cccc(Nc2nc(NCc3ccccc3N(C)S(C)(=O)=O)c3cc[nH]c3n2)c1. The molecule has 4 aromatic rings. The maximum Gasteiger partial charge on any atom is 0.251 e. The second kappa shape index (κ2) is 9.40. The topological polar surface area (TPSA) is 132 Å². The van der Waals surface area contributed by atoms with Gasteiger partial charge in [0.25, 0.3) is 5.91 Å². The predicted octanol–water partition coefficient (Wildman–Crippen LogP) is 3.07. The van der Waals surface area contributed by atoms with Gasteiger partial charge in [-0.3, -0.25) is 9.10 Å². The molecule has 4 N–H and O–H groups in total. The van der Waals surface area contributed by atoms with Gasteiger partial charge in [0.2, 0.25) is 16.0 Å². The fourth-order valence-corrected chi connectivity index (χ4v) is 4.00. The lowest BCUT2D eigenvalue weighted by Crippen LogP contribution is -2.26. The van der Waals surface area contributed by atoms with Crippen molar-refractivity contribution in [3.05, 3.63) is 71.9 Å². The van der Waals surface area contributed by atoms with Crippen LogP contribution >= 0.6 is 0 Å². The van der Waals surface area contributed by atoms with Gasteiger partial charge in [-0.25, -0.2) is 8.42 Å². The number of carbonyl (C=O) groups excluding carboxylic acids is 1. The minimum Gasteiger partial charge on any atom is -0.365 e. The summed E-state index contributed by atoms with van der Waals surface area (Å²) in [6, 6.07) is 16.2. The van der Waals surface area contributed by atoms with E-state index in [0.29, 0.717) is 40.9 Å². The molecule has 0 saturated carbocycles. The van der Waals surface area contributed by atoms with Gasteiger partial charge in [0.1, 0.15) is 11.5 Å². The third-order valence-electron chi connectivity index (χ3n) is 5.30. The summed E-state index contributed by atoms with van der Waals surface area (Å²) in [6.07, 6.45) is 2.94. The molecule has 0 saturated heterocycles. The molecule has 11 heteroatoms. The predicted molar refractivity (Wildman–Crippen MR) is 134 cm³/mol. The zero-order valence-electron chi connectivity index (χ0n) is 19.0. The van der Waals surface area contributed by atoms with Crippen LogP contribution in [0.15, 0.2) is 60.8 Å². The highest BCUT2D eigenvalue weighted by Crippen LogP contribution is 2.26. The van der Waals surface area contributed by atoms with Crippen LogP contribution in [-0.4, -0.2) is 49.6 Å². The number of rotatable bonds is 8. The number of aromatic nitrogens is 3. The molecule has 0 fully saturated rings. The Morgan fingerprint density at radius 2 is 1.88 bits per heavy atom. The molecule has 0 radical (unpaired) electrons. The second-order valence-corrected chi connectivity index (χ2v) is 9.65. The molecular weight excluding hydrogens is 454 g/mol. The van der Waals surface area contributed by atoms with Gasteiger partial charge in [0.05, 0.1) is 17.3 Å². The monoisotopic (exact) mass is 479 g/mol. The Morgan fingerprint density at radius 3 is 2.65 bits per heavy atom. The van der Waals surface area contributed by atoms with Crippen LogP contribution in [0.5, 0.6) is 0 Å². The van der Waals surface area contributed by atoms with Crippen molar-refractivity contribution in [3.63, 3.8) is 0 Å². The minimum atomic E-state index is -3.40. The number of hydrogen-bond donors (Lipinski definition) is 4. The number of amides is 1. The van der Waals surface area contributed by atoms with E-state index in [1.54, 1.807) is 43.6 Å². The number of H-pyrrole nitrogens is 1. The fourth-order valence-electron chi connectivity index (χ4n) is 3.47. The summed E-state index contributed by atoms with van der Waals surface area (Å²) in [6.45, 7) is 0.346. The Balaban J connectivity index is 1.62. The fraction of sp³-hybridized carbons (Fsp3) is 0.174. The number of benzene rings is 2. The number of sulfonamides is 1. The molecule has 0 aliphatic carbocycles. The first kappa shape index (κ1) is 23.1. The summed E-state index contributed by atoms with van der Waals surface area (Å²) < 4.78 is 25.4. The van der Waals surface area contributed by atoms with Gasteiger partial charge in [-0.05, 0) is 35.9 Å². The van der Waals surface area contributed by atoms with E-state index >= 15 is 0 Å². The lowest BCUT2D eigenvalue weighted by molar-refractivity contribution is 0.0963. The number of aromatic amines is 1. The molecule has 0 unspecified atom stereocenters. The molecular formula is C23H25N7O3S. The molecule has 2 aromatic carbocycles. The molecule has 176 valence electrons. The first-order valence-electron chi connectivity index (χ1n) is 10.5. The average Bonchev–Trinajstić information content (AvgIpc) is 3.30. The third kappa shape index (κ3) is 4.94. The molecule has 0 atom stereocenters. The van der Waals surface area contributed by atoms with E-state index in [4.69, 9.17) is 0 Å². The number of anilines is 4. The van der Waals surface area contributed by atoms with Crippen LogP contribution in [0.1, 0.15) is 15.9 Å². The summed E-state index contributed by atoms with van der Waals surface area (Å²) in [7, 11) is -0.300. The Labute approximate surface area is 197 Å². The summed E-state index contributed by atoms with van der Waals surface area (Å²) in [5, 5.41) is 9.84. The van der Waals surface area contributed by atoms with Gasteiger partial charge < -0.3 is 20.9 Å². The van der Waals surface area contributed by atoms with E-state index in [9.17, 15) is 13.2 Å².